The molecule has 1 aliphatic rings. The zero-order chi connectivity index (χ0) is 11.1. The number of hydrogen-bond donors (Lipinski definition) is 1. The van der Waals surface area contributed by atoms with Gasteiger partial charge in [-0.25, -0.2) is 4.98 Å². The van der Waals surface area contributed by atoms with Gasteiger partial charge in [0.2, 0.25) is 0 Å². The first-order chi connectivity index (χ1) is 7.74. The summed E-state index contributed by atoms with van der Waals surface area (Å²) in [5.74, 6) is 0.875. The van der Waals surface area contributed by atoms with E-state index >= 15 is 0 Å². The van der Waals surface area contributed by atoms with Crippen molar-refractivity contribution in [2.24, 2.45) is 13.0 Å². The summed E-state index contributed by atoms with van der Waals surface area (Å²) in [4.78, 5) is 4.50. The number of rotatable bonds is 3. The van der Waals surface area contributed by atoms with Crippen molar-refractivity contribution in [1.29, 1.82) is 0 Å². The molecule has 3 rings (SSSR count). The Morgan fingerprint density at radius 3 is 3.06 bits per heavy atom. The summed E-state index contributed by atoms with van der Waals surface area (Å²) in [6.07, 6.45) is 4.62. The molecule has 0 aliphatic heterocycles. The number of nitrogens with zero attached hydrogens (tertiary/aromatic N) is 3. The molecule has 0 unspecified atom stereocenters. The molecule has 1 aliphatic carbocycles. The number of nitrogens with one attached hydrogen (secondary N) is 1. The maximum Gasteiger partial charge on any atom is 0.159 e. The molecular formula is C12H16N4. The van der Waals surface area contributed by atoms with E-state index in [4.69, 9.17) is 0 Å². The fraction of sp³-hybridized carbons (Fsp3) is 0.500. The number of hydrogen-bond acceptors (Lipinski definition) is 3. The Morgan fingerprint density at radius 1 is 1.50 bits per heavy atom. The predicted molar refractivity (Wildman–Crippen MR) is 64.5 cm³/mol. The van der Waals surface area contributed by atoms with E-state index in [2.05, 4.69) is 21.5 Å². The molecule has 0 atom stereocenters. The lowest BCUT2D eigenvalue weighted by atomic mass is 10.2. The van der Waals surface area contributed by atoms with E-state index in [0.29, 0.717) is 0 Å². The topological polar surface area (TPSA) is 42.7 Å². The lowest BCUT2D eigenvalue weighted by Crippen LogP contribution is -2.04. The first-order valence-corrected chi connectivity index (χ1v) is 5.77. The predicted octanol–water partition coefficient (Wildman–Crippen LogP) is 2.10. The van der Waals surface area contributed by atoms with Gasteiger partial charge in [-0.05, 0) is 31.7 Å². The third-order valence-electron chi connectivity index (χ3n) is 3.11. The van der Waals surface area contributed by atoms with E-state index in [1.807, 2.05) is 24.9 Å². The number of aryl methyl sites for hydroxylation is 2. The normalized spacial score (nSPS) is 15.6. The van der Waals surface area contributed by atoms with Crippen molar-refractivity contribution in [3.63, 3.8) is 0 Å². The van der Waals surface area contributed by atoms with E-state index in [9.17, 15) is 0 Å². The van der Waals surface area contributed by atoms with Gasteiger partial charge >= 0.3 is 0 Å². The van der Waals surface area contributed by atoms with Crippen LogP contribution in [0.2, 0.25) is 0 Å². The van der Waals surface area contributed by atoms with Crippen LogP contribution in [-0.2, 0) is 7.05 Å². The Bertz CT molecular complexity index is 525. The molecule has 1 N–H and O–H groups in total. The van der Waals surface area contributed by atoms with Gasteiger partial charge in [-0.2, -0.15) is 5.10 Å². The highest BCUT2D eigenvalue weighted by molar-refractivity contribution is 5.89. The highest BCUT2D eigenvalue weighted by Gasteiger charge is 2.21. The van der Waals surface area contributed by atoms with Crippen LogP contribution in [0.25, 0.3) is 11.0 Å². The van der Waals surface area contributed by atoms with Gasteiger partial charge in [0.05, 0.1) is 11.6 Å². The summed E-state index contributed by atoms with van der Waals surface area (Å²) in [5, 5.41) is 8.88. The molecule has 2 aromatic rings. The van der Waals surface area contributed by atoms with Gasteiger partial charge in [0, 0.05) is 25.0 Å². The van der Waals surface area contributed by atoms with E-state index < -0.39 is 0 Å². The Hall–Kier alpha value is -1.58. The molecule has 84 valence electrons. The zero-order valence-electron chi connectivity index (χ0n) is 9.70. The number of aromatic nitrogens is 3. The van der Waals surface area contributed by atoms with Gasteiger partial charge in [-0.15, -0.1) is 0 Å². The Balaban J connectivity index is 2.00. The molecule has 4 nitrogen and oxygen atoms in total. The highest BCUT2D eigenvalue weighted by Crippen LogP contribution is 2.30. The molecule has 1 fully saturated rings. The van der Waals surface area contributed by atoms with Gasteiger partial charge in [-0.1, -0.05) is 0 Å². The first-order valence-electron chi connectivity index (χ1n) is 5.77. The maximum absolute atomic E-state index is 4.50. The summed E-state index contributed by atoms with van der Waals surface area (Å²) in [5.41, 5.74) is 3.16. The lowest BCUT2D eigenvalue weighted by molar-refractivity contribution is 0.785. The quantitative estimate of drug-likeness (QED) is 0.854. The maximum atomic E-state index is 4.50. The summed E-state index contributed by atoms with van der Waals surface area (Å²) in [6, 6.07) is 2.10. The summed E-state index contributed by atoms with van der Waals surface area (Å²) < 4.78 is 1.82. The van der Waals surface area contributed by atoms with Crippen LogP contribution in [0.1, 0.15) is 18.5 Å². The second kappa shape index (κ2) is 3.47. The molecule has 0 aromatic carbocycles. The molecule has 0 bridgehead atoms. The first kappa shape index (κ1) is 9.63. The summed E-state index contributed by atoms with van der Waals surface area (Å²) in [6.45, 7) is 3.10. The van der Waals surface area contributed by atoms with Crippen LogP contribution in [-0.4, -0.2) is 21.3 Å². The van der Waals surface area contributed by atoms with Crippen LogP contribution >= 0.6 is 0 Å². The monoisotopic (exact) mass is 216 g/mol. The molecule has 0 amide bonds. The van der Waals surface area contributed by atoms with Crippen molar-refractivity contribution in [2.45, 2.75) is 19.8 Å². The minimum atomic E-state index is 0.875. The molecule has 0 spiro atoms. The summed E-state index contributed by atoms with van der Waals surface area (Å²) >= 11 is 0. The van der Waals surface area contributed by atoms with Gasteiger partial charge in [0.25, 0.3) is 0 Å². The van der Waals surface area contributed by atoms with Crippen LogP contribution in [0.3, 0.4) is 0 Å². The number of pyridine rings is 1. The average Bonchev–Trinajstić information content (AvgIpc) is 3.01. The van der Waals surface area contributed by atoms with Crippen molar-refractivity contribution < 1.29 is 0 Å². The lowest BCUT2D eigenvalue weighted by Gasteiger charge is -2.07. The minimum Gasteiger partial charge on any atom is -0.384 e. The fourth-order valence-electron chi connectivity index (χ4n) is 1.96. The molecule has 1 saturated carbocycles. The molecule has 2 aromatic heterocycles. The van der Waals surface area contributed by atoms with E-state index in [0.717, 1.165) is 29.2 Å². The molecule has 0 saturated heterocycles. The van der Waals surface area contributed by atoms with Crippen LogP contribution in [0.15, 0.2) is 12.3 Å². The number of anilines is 1. The smallest absolute Gasteiger partial charge is 0.159 e. The third-order valence-corrected chi connectivity index (χ3v) is 3.11. The van der Waals surface area contributed by atoms with Gasteiger partial charge in [0.15, 0.2) is 5.65 Å². The Labute approximate surface area is 94.7 Å². The van der Waals surface area contributed by atoms with E-state index in [1.165, 1.54) is 18.5 Å². The van der Waals surface area contributed by atoms with Crippen LogP contribution < -0.4 is 5.32 Å². The second-order valence-electron chi connectivity index (χ2n) is 4.64. The molecule has 0 radical (unpaired) electrons. The zero-order valence-corrected chi connectivity index (χ0v) is 9.70. The van der Waals surface area contributed by atoms with E-state index in [1.54, 1.807) is 0 Å². The largest absolute Gasteiger partial charge is 0.384 e. The van der Waals surface area contributed by atoms with Crippen molar-refractivity contribution in [2.75, 3.05) is 11.9 Å². The fourth-order valence-corrected chi connectivity index (χ4v) is 1.96. The molecular weight excluding hydrogens is 200 g/mol. The van der Waals surface area contributed by atoms with E-state index in [-0.39, 0.29) is 0 Å². The average molecular weight is 216 g/mol. The molecule has 16 heavy (non-hydrogen) atoms. The van der Waals surface area contributed by atoms with Gasteiger partial charge in [-0.3, -0.25) is 4.68 Å². The number of fused-ring (bicyclic) bond motifs is 1. The summed E-state index contributed by atoms with van der Waals surface area (Å²) in [7, 11) is 1.93. The van der Waals surface area contributed by atoms with Gasteiger partial charge in [0.1, 0.15) is 0 Å². The standard InChI is InChI=1S/C12H16N4/c1-8-5-11(13-6-9-3-4-9)10-7-14-16(2)12(10)15-8/h5,7,9H,3-4,6H2,1-2H3,(H,13,15). The van der Waals surface area contributed by atoms with Crippen molar-refractivity contribution >= 4 is 16.7 Å². The van der Waals surface area contributed by atoms with Crippen LogP contribution in [0, 0.1) is 12.8 Å². The second-order valence-corrected chi connectivity index (χ2v) is 4.64. The molecule has 4 heteroatoms. The van der Waals surface area contributed by atoms with Crippen LogP contribution in [0.4, 0.5) is 5.69 Å². The Kier molecular flexibility index (Phi) is 2.09. The van der Waals surface area contributed by atoms with Crippen LogP contribution in [0.5, 0.6) is 0 Å². The van der Waals surface area contributed by atoms with Crippen molar-refractivity contribution in [1.82, 2.24) is 14.8 Å². The highest BCUT2D eigenvalue weighted by atomic mass is 15.3. The minimum absolute atomic E-state index is 0.875. The van der Waals surface area contributed by atoms with Crippen molar-refractivity contribution in [3.8, 4) is 0 Å². The van der Waals surface area contributed by atoms with Crippen molar-refractivity contribution in [3.05, 3.63) is 18.0 Å². The SMILES string of the molecule is Cc1cc(NCC2CC2)c2cnn(C)c2n1. The molecule has 2 heterocycles. The third kappa shape index (κ3) is 1.64. The van der Waals surface area contributed by atoms with Gasteiger partial charge < -0.3 is 5.32 Å². The Morgan fingerprint density at radius 2 is 2.31 bits per heavy atom.